The lowest BCUT2D eigenvalue weighted by molar-refractivity contribution is -0.137. The molecule has 1 aromatic carbocycles. The first kappa shape index (κ1) is 16.1. The Morgan fingerprint density at radius 2 is 2.15 bits per heavy atom. The molecule has 0 heterocycles. The second-order valence-electron chi connectivity index (χ2n) is 3.92. The van der Waals surface area contributed by atoms with Gasteiger partial charge in [-0.15, -0.1) is 0 Å². The third kappa shape index (κ3) is 5.77. The first-order valence-electron chi connectivity index (χ1n) is 6.12. The molecule has 0 N–H and O–H groups in total. The highest BCUT2D eigenvalue weighted by molar-refractivity contribution is 5.87. The van der Waals surface area contributed by atoms with E-state index in [4.69, 9.17) is 4.74 Å². The molecule has 0 saturated carbocycles. The highest BCUT2D eigenvalue weighted by atomic mass is 19.3. The van der Waals surface area contributed by atoms with Gasteiger partial charge in [-0.3, -0.25) is 0 Å². The van der Waals surface area contributed by atoms with Crippen molar-refractivity contribution < 1.29 is 27.4 Å². The number of hydrogen-bond acceptors (Lipinski definition) is 3. The highest BCUT2D eigenvalue weighted by Crippen LogP contribution is 2.20. The lowest BCUT2D eigenvalue weighted by Crippen LogP contribution is -2.03. The van der Waals surface area contributed by atoms with Crippen LogP contribution in [0.2, 0.25) is 0 Å². The summed E-state index contributed by atoms with van der Waals surface area (Å²) in [5.41, 5.74) is 0.344. The average molecular weight is 288 g/mol. The third-order valence-corrected chi connectivity index (χ3v) is 2.33. The van der Waals surface area contributed by atoms with Gasteiger partial charge in [-0.05, 0) is 30.2 Å². The smallest absolute Gasteiger partial charge is 0.387 e. The van der Waals surface area contributed by atoms with Crippen molar-refractivity contribution in [3.05, 3.63) is 35.7 Å². The summed E-state index contributed by atoms with van der Waals surface area (Å²) in [6.07, 6.45) is 4.17. The summed E-state index contributed by atoms with van der Waals surface area (Å²) in [6, 6.07) is 3.42. The van der Waals surface area contributed by atoms with Crippen LogP contribution in [0.3, 0.4) is 0 Å². The minimum absolute atomic E-state index is 0.329. The number of benzene rings is 1. The maximum Gasteiger partial charge on any atom is 0.387 e. The van der Waals surface area contributed by atoms with Gasteiger partial charge in [-0.1, -0.05) is 19.4 Å². The molecule has 3 nitrogen and oxygen atoms in total. The zero-order chi connectivity index (χ0) is 15.0. The van der Waals surface area contributed by atoms with E-state index in [2.05, 4.69) is 4.74 Å². The van der Waals surface area contributed by atoms with E-state index in [9.17, 15) is 18.0 Å². The van der Waals surface area contributed by atoms with E-state index in [1.165, 1.54) is 12.1 Å². The first-order chi connectivity index (χ1) is 9.52. The molecule has 0 aliphatic heterocycles. The van der Waals surface area contributed by atoms with E-state index in [0.717, 1.165) is 31.1 Å². The Labute approximate surface area is 115 Å². The number of alkyl halides is 2. The molecule has 110 valence electrons. The summed E-state index contributed by atoms with van der Waals surface area (Å²) < 4.78 is 46.1. The van der Waals surface area contributed by atoms with Crippen LogP contribution in [0.5, 0.6) is 5.75 Å². The molecule has 1 aromatic rings. The molecule has 0 aromatic heterocycles. The van der Waals surface area contributed by atoms with E-state index in [-0.39, 0.29) is 0 Å². The Morgan fingerprint density at radius 1 is 1.40 bits per heavy atom. The molecule has 0 atom stereocenters. The number of unbranched alkanes of at least 4 members (excludes halogenated alkanes) is 1. The number of hydrogen-bond donors (Lipinski definition) is 0. The quantitative estimate of drug-likeness (QED) is 0.435. The van der Waals surface area contributed by atoms with Crippen molar-refractivity contribution in [3.8, 4) is 5.75 Å². The van der Waals surface area contributed by atoms with E-state index in [0.29, 0.717) is 12.2 Å². The number of rotatable bonds is 7. The van der Waals surface area contributed by atoms with E-state index in [1.54, 1.807) is 0 Å². The monoisotopic (exact) mass is 288 g/mol. The van der Waals surface area contributed by atoms with Crippen LogP contribution < -0.4 is 4.74 Å². The van der Waals surface area contributed by atoms with Crippen LogP contribution >= 0.6 is 0 Å². The van der Waals surface area contributed by atoms with Crippen molar-refractivity contribution in [2.75, 3.05) is 6.61 Å². The Bertz CT molecular complexity index is 473. The molecule has 0 aliphatic carbocycles. The summed E-state index contributed by atoms with van der Waals surface area (Å²) in [4.78, 5) is 11.3. The van der Waals surface area contributed by atoms with Gasteiger partial charge in [0, 0.05) is 6.08 Å². The minimum atomic E-state index is -3.08. The van der Waals surface area contributed by atoms with Crippen molar-refractivity contribution in [2.45, 2.75) is 26.4 Å². The fourth-order valence-corrected chi connectivity index (χ4v) is 1.34. The number of ether oxygens (including phenoxy) is 2. The summed E-state index contributed by atoms with van der Waals surface area (Å²) in [5.74, 6) is -2.00. The van der Waals surface area contributed by atoms with Crippen LogP contribution in [0.25, 0.3) is 6.08 Å². The van der Waals surface area contributed by atoms with Gasteiger partial charge in [-0.2, -0.15) is 8.78 Å². The number of carbonyl (C=O) groups excluding carboxylic acids is 1. The van der Waals surface area contributed by atoms with Gasteiger partial charge in [0.15, 0.2) is 11.6 Å². The fourth-order valence-electron chi connectivity index (χ4n) is 1.34. The van der Waals surface area contributed by atoms with Gasteiger partial charge in [0.25, 0.3) is 0 Å². The zero-order valence-corrected chi connectivity index (χ0v) is 10.9. The average Bonchev–Trinajstić information content (AvgIpc) is 2.39. The minimum Gasteiger partial charge on any atom is -0.463 e. The van der Waals surface area contributed by atoms with Crippen molar-refractivity contribution in [3.63, 3.8) is 0 Å². The number of carbonyl (C=O) groups is 1. The molecule has 0 bridgehead atoms. The molecule has 0 unspecified atom stereocenters. The molecule has 0 fully saturated rings. The molecule has 0 amide bonds. The van der Waals surface area contributed by atoms with E-state index < -0.39 is 24.1 Å². The van der Waals surface area contributed by atoms with Crippen molar-refractivity contribution >= 4 is 12.0 Å². The number of esters is 1. The van der Waals surface area contributed by atoms with Crippen LogP contribution in [0.4, 0.5) is 13.2 Å². The summed E-state index contributed by atoms with van der Waals surface area (Å²) in [6.45, 7) is -0.788. The van der Waals surface area contributed by atoms with Crippen LogP contribution in [0, 0.1) is 5.82 Å². The lowest BCUT2D eigenvalue weighted by Gasteiger charge is -2.05. The third-order valence-electron chi connectivity index (χ3n) is 2.33. The van der Waals surface area contributed by atoms with Gasteiger partial charge in [0.1, 0.15) is 0 Å². The van der Waals surface area contributed by atoms with Crippen molar-refractivity contribution in [2.24, 2.45) is 0 Å². The maximum absolute atomic E-state index is 13.4. The fraction of sp³-hybridized carbons (Fsp3) is 0.357. The molecule has 0 saturated heterocycles. The predicted octanol–water partition coefficient (Wildman–Crippen LogP) is 3.78. The van der Waals surface area contributed by atoms with Crippen LogP contribution in [-0.2, 0) is 9.53 Å². The zero-order valence-electron chi connectivity index (χ0n) is 10.9. The molecular formula is C14H15F3O3. The second-order valence-corrected chi connectivity index (χ2v) is 3.92. The standard InChI is InChI=1S/C14H15F3O3/c1-2-3-8-19-13(18)7-5-10-4-6-12(11(15)9-10)20-14(16)17/h4-7,9,14H,2-3,8H2,1H3. The molecule has 0 spiro atoms. The number of halogens is 3. The molecule has 1 rings (SSSR count). The molecule has 6 heteroatoms. The maximum atomic E-state index is 13.4. The van der Waals surface area contributed by atoms with Crippen LogP contribution in [0.15, 0.2) is 24.3 Å². The first-order valence-corrected chi connectivity index (χ1v) is 6.12. The van der Waals surface area contributed by atoms with E-state index >= 15 is 0 Å². The van der Waals surface area contributed by atoms with Gasteiger partial charge in [0.05, 0.1) is 6.61 Å². The topological polar surface area (TPSA) is 35.5 Å². The van der Waals surface area contributed by atoms with Gasteiger partial charge >= 0.3 is 12.6 Å². The lowest BCUT2D eigenvalue weighted by atomic mass is 10.2. The summed E-state index contributed by atoms with van der Waals surface area (Å²) >= 11 is 0. The van der Waals surface area contributed by atoms with Crippen molar-refractivity contribution in [1.29, 1.82) is 0 Å². The molecular weight excluding hydrogens is 273 g/mol. The van der Waals surface area contributed by atoms with E-state index in [1.807, 2.05) is 6.92 Å². The SMILES string of the molecule is CCCCOC(=O)C=Cc1ccc(OC(F)F)c(F)c1. The Hall–Kier alpha value is -1.98. The molecule has 0 radical (unpaired) electrons. The predicted molar refractivity (Wildman–Crippen MR) is 67.9 cm³/mol. The largest absolute Gasteiger partial charge is 0.463 e. The van der Waals surface area contributed by atoms with Gasteiger partial charge < -0.3 is 9.47 Å². The molecule has 20 heavy (non-hydrogen) atoms. The summed E-state index contributed by atoms with van der Waals surface area (Å²) in [7, 11) is 0. The Morgan fingerprint density at radius 3 is 2.75 bits per heavy atom. The highest BCUT2D eigenvalue weighted by Gasteiger charge is 2.09. The van der Waals surface area contributed by atoms with Crippen LogP contribution in [-0.4, -0.2) is 19.2 Å². The summed E-state index contributed by atoms with van der Waals surface area (Å²) in [5, 5.41) is 0. The normalized spacial score (nSPS) is 11.1. The van der Waals surface area contributed by atoms with Crippen LogP contribution in [0.1, 0.15) is 25.3 Å². The molecule has 0 aliphatic rings. The Kier molecular flexibility index (Phi) is 6.63. The Balaban J connectivity index is 2.60. The second kappa shape index (κ2) is 8.24. The van der Waals surface area contributed by atoms with Crippen molar-refractivity contribution in [1.82, 2.24) is 0 Å². The van der Waals surface area contributed by atoms with Gasteiger partial charge in [0.2, 0.25) is 0 Å². The van der Waals surface area contributed by atoms with Gasteiger partial charge in [-0.25, -0.2) is 9.18 Å².